The van der Waals surface area contributed by atoms with E-state index in [0.717, 1.165) is 12.1 Å². The summed E-state index contributed by atoms with van der Waals surface area (Å²) in [6.07, 6.45) is -2.95. The van der Waals surface area contributed by atoms with Gasteiger partial charge in [0, 0.05) is 32.0 Å². The van der Waals surface area contributed by atoms with Crippen LogP contribution in [0.5, 0.6) is 0 Å². The first-order chi connectivity index (χ1) is 15.1. The number of fused-ring (bicyclic) bond motifs is 1. The first-order valence-electron chi connectivity index (χ1n) is 10.1. The highest BCUT2D eigenvalue weighted by Crippen LogP contribution is 2.33. The van der Waals surface area contributed by atoms with Crippen molar-refractivity contribution < 1.29 is 17.9 Å². The minimum Gasteiger partial charge on any atom is -0.399 e. The molecule has 170 valence electrons. The number of nitrogens with one attached hydrogen (secondary N) is 1. The molecule has 0 bridgehead atoms. The van der Waals surface area contributed by atoms with Gasteiger partial charge in [0.1, 0.15) is 5.82 Å². The number of nitrogen functional groups attached to an aromatic ring is 1. The van der Waals surface area contributed by atoms with Crippen LogP contribution in [-0.4, -0.2) is 41.1 Å². The van der Waals surface area contributed by atoms with Crippen LogP contribution in [0, 0.1) is 0 Å². The van der Waals surface area contributed by atoms with Gasteiger partial charge < -0.3 is 20.7 Å². The maximum Gasteiger partial charge on any atom is 0.416 e. The van der Waals surface area contributed by atoms with Gasteiger partial charge >= 0.3 is 6.18 Å². The second-order valence-corrected chi connectivity index (χ2v) is 7.72. The van der Waals surface area contributed by atoms with E-state index in [1.54, 1.807) is 19.2 Å². The Hall–Kier alpha value is -3.34. The maximum absolute atomic E-state index is 13.2. The van der Waals surface area contributed by atoms with Gasteiger partial charge in [-0.1, -0.05) is 0 Å². The summed E-state index contributed by atoms with van der Waals surface area (Å²) < 4.78 is 46.1. The van der Waals surface area contributed by atoms with Gasteiger partial charge in [-0.3, -0.25) is 4.79 Å². The topological polar surface area (TPSA) is 98.3 Å². The van der Waals surface area contributed by atoms with Gasteiger partial charge in [-0.25, -0.2) is 9.67 Å². The van der Waals surface area contributed by atoms with Crippen molar-refractivity contribution in [1.29, 1.82) is 0 Å². The zero-order valence-corrected chi connectivity index (χ0v) is 17.6. The number of pyridine rings is 1. The fourth-order valence-electron chi connectivity index (χ4n) is 3.68. The van der Waals surface area contributed by atoms with Crippen LogP contribution < -0.4 is 21.5 Å². The van der Waals surface area contributed by atoms with Crippen LogP contribution in [-0.2, 0) is 18.0 Å². The second kappa shape index (κ2) is 8.30. The molecule has 4 rings (SSSR count). The number of anilines is 3. The van der Waals surface area contributed by atoms with Crippen molar-refractivity contribution in [3.05, 3.63) is 51.9 Å². The number of aromatic nitrogens is 3. The van der Waals surface area contributed by atoms with Crippen molar-refractivity contribution in [1.82, 2.24) is 14.8 Å². The highest BCUT2D eigenvalue weighted by Gasteiger charge is 2.31. The highest BCUT2D eigenvalue weighted by atomic mass is 19.4. The van der Waals surface area contributed by atoms with Gasteiger partial charge in [-0.2, -0.15) is 18.3 Å². The monoisotopic (exact) mass is 448 g/mol. The fraction of sp³-hybridized carbons (Fsp3) is 0.381. The van der Waals surface area contributed by atoms with Crippen LogP contribution in [0.25, 0.3) is 10.8 Å². The number of aryl methyl sites for hydroxylation is 1. The first-order valence-corrected chi connectivity index (χ1v) is 10.1. The molecule has 0 aliphatic carbocycles. The number of nitrogens with zero attached hydrogens (tertiary/aromatic N) is 4. The molecule has 0 spiro atoms. The molecule has 1 aromatic carbocycles. The lowest BCUT2D eigenvalue weighted by Gasteiger charge is -2.28. The number of ether oxygens (including phenoxy) is 1. The molecule has 1 atom stereocenters. The van der Waals surface area contributed by atoms with E-state index in [1.807, 2.05) is 4.90 Å². The van der Waals surface area contributed by atoms with Crippen LogP contribution >= 0.6 is 0 Å². The Kier molecular flexibility index (Phi) is 5.68. The van der Waals surface area contributed by atoms with E-state index in [9.17, 15) is 18.0 Å². The number of alkyl halides is 3. The predicted octanol–water partition coefficient (Wildman–Crippen LogP) is 2.94. The molecular weight excluding hydrogens is 425 g/mol. The van der Waals surface area contributed by atoms with Gasteiger partial charge in [-0.15, -0.1) is 0 Å². The number of nitrogens with two attached hydrogens (primary N) is 1. The number of hydrogen-bond acceptors (Lipinski definition) is 7. The molecule has 11 heteroatoms. The van der Waals surface area contributed by atoms with Crippen molar-refractivity contribution in [2.45, 2.75) is 19.1 Å². The molecule has 3 heterocycles. The smallest absolute Gasteiger partial charge is 0.399 e. The van der Waals surface area contributed by atoms with Crippen molar-refractivity contribution in [3.63, 3.8) is 0 Å². The van der Waals surface area contributed by atoms with Crippen molar-refractivity contribution >= 4 is 28.1 Å². The predicted molar refractivity (Wildman–Crippen MR) is 116 cm³/mol. The molecule has 0 radical (unpaired) electrons. The van der Waals surface area contributed by atoms with Crippen molar-refractivity contribution in [3.8, 4) is 0 Å². The average molecular weight is 448 g/mol. The summed E-state index contributed by atoms with van der Waals surface area (Å²) in [5.41, 5.74) is 4.94. The third-order valence-electron chi connectivity index (χ3n) is 5.41. The lowest BCUT2D eigenvalue weighted by atomic mass is 10.0. The molecule has 0 saturated carbocycles. The lowest BCUT2D eigenvalue weighted by molar-refractivity contribution is -0.137. The maximum atomic E-state index is 13.2. The Morgan fingerprint density at radius 1 is 1.16 bits per heavy atom. The highest BCUT2D eigenvalue weighted by molar-refractivity contribution is 5.92. The molecule has 1 aliphatic rings. The van der Waals surface area contributed by atoms with Crippen molar-refractivity contribution in [2.24, 2.45) is 7.05 Å². The number of rotatable bonds is 4. The van der Waals surface area contributed by atoms with E-state index in [4.69, 9.17) is 10.5 Å². The molecule has 2 aromatic heterocycles. The van der Waals surface area contributed by atoms with E-state index in [0.29, 0.717) is 54.3 Å². The Balaban J connectivity index is 1.71. The van der Waals surface area contributed by atoms with Crippen LogP contribution in [0.3, 0.4) is 0 Å². The van der Waals surface area contributed by atoms with E-state index in [2.05, 4.69) is 15.4 Å². The van der Waals surface area contributed by atoms with E-state index < -0.39 is 17.8 Å². The van der Waals surface area contributed by atoms with Gasteiger partial charge in [0.2, 0.25) is 0 Å². The van der Waals surface area contributed by atoms with Gasteiger partial charge in [0.25, 0.3) is 5.56 Å². The third-order valence-corrected chi connectivity index (χ3v) is 5.41. The molecule has 8 nitrogen and oxygen atoms in total. The Bertz CT molecular complexity index is 1200. The zero-order valence-electron chi connectivity index (χ0n) is 17.6. The molecule has 1 aliphatic heterocycles. The SMILES string of the molecule is C[C@@H](Nc1nn(C)c(=O)c2cc(N3CCOCC3)ncc12)c1cc(N)cc(C(F)(F)F)c1. The Labute approximate surface area is 181 Å². The molecular formula is C21H23F3N6O2. The molecule has 1 fully saturated rings. The Morgan fingerprint density at radius 2 is 1.88 bits per heavy atom. The molecule has 3 aromatic rings. The fourth-order valence-corrected chi connectivity index (χ4v) is 3.68. The molecule has 3 N–H and O–H groups in total. The van der Waals surface area contributed by atoms with Crippen LogP contribution in [0.2, 0.25) is 0 Å². The summed E-state index contributed by atoms with van der Waals surface area (Å²) >= 11 is 0. The summed E-state index contributed by atoms with van der Waals surface area (Å²) in [7, 11) is 1.52. The number of hydrogen-bond donors (Lipinski definition) is 2. The summed E-state index contributed by atoms with van der Waals surface area (Å²) in [6.45, 7) is 4.20. The summed E-state index contributed by atoms with van der Waals surface area (Å²) in [5, 5.41) is 8.27. The van der Waals surface area contributed by atoms with E-state index >= 15 is 0 Å². The van der Waals surface area contributed by atoms with Crippen molar-refractivity contribution in [2.75, 3.05) is 42.3 Å². The lowest BCUT2D eigenvalue weighted by Crippen LogP contribution is -2.36. The summed E-state index contributed by atoms with van der Waals surface area (Å²) in [6, 6.07) is 4.57. The minimum atomic E-state index is -4.51. The van der Waals surface area contributed by atoms with E-state index in [1.165, 1.54) is 17.8 Å². The largest absolute Gasteiger partial charge is 0.416 e. The standard InChI is InChI=1S/C21H23F3N6O2/c1-12(13-7-14(21(22,23)24)9-15(25)8-13)27-19-17-11-26-18(30-3-5-32-6-4-30)10-16(17)20(31)29(2)28-19/h7-12H,3-6,25H2,1-2H3,(H,27,28)/t12-/m1/s1. The molecule has 0 amide bonds. The summed E-state index contributed by atoms with van der Waals surface area (Å²) in [5.74, 6) is 1.00. The van der Waals surface area contributed by atoms with Crippen LogP contribution in [0.15, 0.2) is 35.3 Å². The first kappa shape index (κ1) is 21.9. The molecule has 0 unspecified atom stereocenters. The normalized spacial score (nSPS) is 15.7. The molecule has 1 saturated heterocycles. The number of benzene rings is 1. The van der Waals surface area contributed by atoms with Gasteiger partial charge in [-0.05, 0) is 36.8 Å². The quantitative estimate of drug-likeness (QED) is 0.592. The zero-order chi connectivity index (χ0) is 23.0. The van der Waals surface area contributed by atoms with Crippen LogP contribution in [0.4, 0.5) is 30.5 Å². The van der Waals surface area contributed by atoms with Gasteiger partial charge in [0.05, 0.1) is 35.6 Å². The average Bonchev–Trinajstić information content (AvgIpc) is 2.76. The second-order valence-electron chi connectivity index (χ2n) is 7.72. The van der Waals surface area contributed by atoms with Gasteiger partial charge in [0.15, 0.2) is 5.82 Å². The number of halogens is 3. The third kappa shape index (κ3) is 4.33. The molecule has 32 heavy (non-hydrogen) atoms. The summed E-state index contributed by atoms with van der Waals surface area (Å²) in [4.78, 5) is 19.2. The Morgan fingerprint density at radius 3 is 2.56 bits per heavy atom. The minimum absolute atomic E-state index is 0.0126. The number of morpholine rings is 1. The van der Waals surface area contributed by atoms with Crippen LogP contribution in [0.1, 0.15) is 24.1 Å². The van der Waals surface area contributed by atoms with E-state index in [-0.39, 0.29) is 11.2 Å².